The van der Waals surface area contributed by atoms with E-state index in [1.165, 1.54) is 11.3 Å². The van der Waals surface area contributed by atoms with Crippen molar-refractivity contribution in [1.82, 2.24) is 5.32 Å². The van der Waals surface area contributed by atoms with Crippen LogP contribution in [0.25, 0.3) is 0 Å². The molecule has 2 heterocycles. The zero-order chi connectivity index (χ0) is 18.5. The monoisotopic (exact) mass is 413 g/mol. The lowest BCUT2D eigenvalue weighted by atomic mass is 10.1. The van der Waals surface area contributed by atoms with Gasteiger partial charge in [-0.1, -0.05) is 23.2 Å². The largest absolute Gasteiger partial charge is 0.489 e. The number of ketones is 1. The second-order valence-corrected chi connectivity index (χ2v) is 7.88. The van der Waals surface area contributed by atoms with Crippen LogP contribution in [0.3, 0.4) is 0 Å². The number of benzene rings is 1. The van der Waals surface area contributed by atoms with E-state index in [0.717, 1.165) is 12.0 Å². The minimum absolute atomic E-state index is 0.0873. The first-order chi connectivity index (χ1) is 12.5. The lowest BCUT2D eigenvalue weighted by Gasteiger charge is -2.12. The SMILES string of the molecule is O=C(CCC(=O)c1ccc(Cl)s1)NCc1cc(Cl)c2c(c1)OCCCO2. The second kappa shape index (κ2) is 8.75. The molecule has 0 aliphatic carbocycles. The molecule has 1 aliphatic heterocycles. The van der Waals surface area contributed by atoms with Crippen molar-refractivity contribution < 1.29 is 19.1 Å². The fourth-order valence-electron chi connectivity index (χ4n) is 2.49. The highest BCUT2D eigenvalue weighted by Crippen LogP contribution is 2.37. The Labute approximate surface area is 165 Å². The van der Waals surface area contributed by atoms with Crippen molar-refractivity contribution >= 4 is 46.2 Å². The maximum absolute atomic E-state index is 12.0. The zero-order valence-corrected chi connectivity index (χ0v) is 16.2. The predicted octanol–water partition coefficient (Wildman–Crippen LogP) is 4.50. The maximum Gasteiger partial charge on any atom is 0.220 e. The number of ether oxygens (including phenoxy) is 2. The standard InChI is InChI=1S/C18H17Cl2NO4S/c19-12-8-11(9-14-18(12)25-7-1-6-24-14)10-21-17(23)5-2-13(22)15-3-4-16(20)26-15/h3-4,8-9H,1-2,5-7,10H2,(H,21,23). The highest BCUT2D eigenvalue weighted by molar-refractivity contribution is 7.18. The summed E-state index contributed by atoms with van der Waals surface area (Å²) >= 11 is 13.3. The van der Waals surface area contributed by atoms with Crippen LogP contribution in [0.2, 0.25) is 9.36 Å². The number of hydrogen-bond acceptors (Lipinski definition) is 5. The molecule has 0 saturated carbocycles. The highest BCUT2D eigenvalue weighted by Gasteiger charge is 2.16. The molecule has 0 atom stereocenters. The van der Waals surface area contributed by atoms with Gasteiger partial charge in [0.2, 0.25) is 5.91 Å². The molecule has 0 bridgehead atoms. The molecule has 1 aromatic heterocycles. The van der Waals surface area contributed by atoms with Crippen molar-refractivity contribution in [2.24, 2.45) is 0 Å². The Kier molecular flexibility index (Phi) is 6.40. The van der Waals surface area contributed by atoms with Crippen molar-refractivity contribution in [3.8, 4) is 11.5 Å². The van der Waals surface area contributed by atoms with Gasteiger partial charge in [0.05, 0.1) is 27.4 Å². The number of Topliss-reactive ketones (excluding diaryl/α,β-unsaturated/α-hetero) is 1. The van der Waals surface area contributed by atoms with Crippen LogP contribution in [0.4, 0.5) is 0 Å². The van der Waals surface area contributed by atoms with Gasteiger partial charge in [-0.05, 0) is 29.8 Å². The Morgan fingerprint density at radius 1 is 1.12 bits per heavy atom. The van der Waals surface area contributed by atoms with Gasteiger partial charge in [0.15, 0.2) is 17.3 Å². The van der Waals surface area contributed by atoms with Gasteiger partial charge in [0.1, 0.15) is 0 Å². The number of thiophene rings is 1. The number of hydrogen-bond donors (Lipinski definition) is 1. The van der Waals surface area contributed by atoms with Crippen molar-refractivity contribution in [3.63, 3.8) is 0 Å². The first kappa shape index (κ1) is 19.0. The summed E-state index contributed by atoms with van der Waals surface area (Å²) in [5.41, 5.74) is 0.809. The van der Waals surface area contributed by atoms with E-state index in [1.807, 2.05) is 6.07 Å². The fraction of sp³-hybridized carbons (Fsp3) is 0.333. The van der Waals surface area contributed by atoms with Gasteiger partial charge in [0.25, 0.3) is 0 Å². The topological polar surface area (TPSA) is 64.6 Å². The molecule has 0 unspecified atom stereocenters. The van der Waals surface area contributed by atoms with E-state index in [9.17, 15) is 9.59 Å². The van der Waals surface area contributed by atoms with Gasteiger partial charge in [0, 0.05) is 25.8 Å². The van der Waals surface area contributed by atoms with Crippen LogP contribution in [-0.4, -0.2) is 24.9 Å². The molecule has 26 heavy (non-hydrogen) atoms. The minimum atomic E-state index is -0.204. The number of nitrogens with one attached hydrogen (secondary N) is 1. The van der Waals surface area contributed by atoms with Crippen LogP contribution in [0.1, 0.15) is 34.5 Å². The summed E-state index contributed by atoms with van der Waals surface area (Å²) in [7, 11) is 0. The van der Waals surface area contributed by atoms with Gasteiger partial charge in [-0.15, -0.1) is 11.3 Å². The molecule has 5 nitrogen and oxygen atoms in total. The smallest absolute Gasteiger partial charge is 0.220 e. The Hall–Kier alpha value is -1.76. The van der Waals surface area contributed by atoms with Crippen molar-refractivity contribution in [2.75, 3.05) is 13.2 Å². The lowest BCUT2D eigenvalue weighted by Crippen LogP contribution is -2.23. The molecule has 1 N–H and O–H groups in total. The molecule has 138 valence electrons. The van der Waals surface area contributed by atoms with Crippen molar-refractivity contribution in [2.45, 2.75) is 25.8 Å². The molecule has 0 fully saturated rings. The maximum atomic E-state index is 12.0. The summed E-state index contributed by atoms with van der Waals surface area (Å²) in [6, 6.07) is 6.90. The quantitative estimate of drug-likeness (QED) is 0.708. The van der Waals surface area contributed by atoms with E-state index in [4.69, 9.17) is 32.7 Å². The van der Waals surface area contributed by atoms with Crippen molar-refractivity contribution in [3.05, 3.63) is 44.1 Å². The Bertz CT molecular complexity index is 822. The second-order valence-electron chi connectivity index (χ2n) is 5.76. The van der Waals surface area contributed by atoms with E-state index < -0.39 is 0 Å². The highest BCUT2D eigenvalue weighted by atomic mass is 35.5. The van der Waals surface area contributed by atoms with Crippen LogP contribution in [0.15, 0.2) is 24.3 Å². The molecule has 0 radical (unpaired) electrons. The van der Waals surface area contributed by atoms with Crippen molar-refractivity contribution in [1.29, 1.82) is 0 Å². The normalized spacial score (nSPS) is 13.2. The third-order valence-corrected chi connectivity index (χ3v) is 5.33. The summed E-state index contributed by atoms with van der Waals surface area (Å²) in [6.07, 6.45) is 1.05. The first-order valence-corrected chi connectivity index (χ1v) is 9.73. The van der Waals surface area contributed by atoms with Gasteiger partial charge >= 0.3 is 0 Å². The molecular formula is C18H17Cl2NO4S. The number of fused-ring (bicyclic) bond motifs is 1. The summed E-state index contributed by atoms with van der Waals surface area (Å²) in [5.74, 6) is 0.836. The molecule has 3 rings (SSSR count). The van der Waals surface area contributed by atoms with Crippen LogP contribution < -0.4 is 14.8 Å². The van der Waals surface area contributed by atoms with E-state index in [2.05, 4.69) is 5.32 Å². The third-order valence-electron chi connectivity index (χ3n) is 3.78. The fourth-order valence-corrected chi connectivity index (χ4v) is 3.79. The molecule has 1 amide bonds. The van der Waals surface area contributed by atoms with Gasteiger partial charge in [-0.3, -0.25) is 9.59 Å². The number of amides is 1. The molecule has 0 spiro atoms. The Morgan fingerprint density at radius 2 is 1.92 bits per heavy atom. The van der Waals surface area contributed by atoms with Crippen LogP contribution >= 0.6 is 34.5 Å². The minimum Gasteiger partial charge on any atom is -0.489 e. The van der Waals surface area contributed by atoms with E-state index in [-0.39, 0.29) is 24.5 Å². The number of carbonyl (C=O) groups is 2. The summed E-state index contributed by atoms with van der Waals surface area (Å²) in [6.45, 7) is 1.43. The predicted molar refractivity (Wildman–Crippen MR) is 102 cm³/mol. The van der Waals surface area contributed by atoms with E-state index in [0.29, 0.717) is 45.5 Å². The van der Waals surface area contributed by atoms with Gasteiger partial charge in [-0.25, -0.2) is 0 Å². The van der Waals surface area contributed by atoms with E-state index in [1.54, 1.807) is 18.2 Å². The summed E-state index contributed by atoms with van der Waals surface area (Å²) in [4.78, 5) is 24.6. The number of halogens is 2. The Morgan fingerprint density at radius 3 is 2.69 bits per heavy atom. The molecule has 1 aromatic carbocycles. The van der Waals surface area contributed by atoms with Gasteiger partial charge in [-0.2, -0.15) is 0 Å². The average molecular weight is 414 g/mol. The van der Waals surface area contributed by atoms with Crippen LogP contribution in [0, 0.1) is 0 Å². The van der Waals surface area contributed by atoms with Gasteiger partial charge < -0.3 is 14.8 Å². The first-order valence-electron chi connectivity index (χ1n) is 8.16. The summed E-state index contributed by atoms with van der Waals surface area (Å²) in [5, 5.41) is 3.25. The molecule has 2 aromatic rings. The van der Waals surface area contributed by atoms with E-state index >= 15 is 0 Å². The number of carbonyl (C=O) groups excluding carboxylic acids is 2. The average Bonchev–Trinajstić information content (AvgIpc) is 2.91. The zero-order valence-electron chi connectivity index (χ0n) is 13.8. The molecule has 0 saturated heterocycles. The molecular weight excluding hydrogens is 397 g/mol. The lowest BCUT2D eigenvalue weighted by molar-refractivity contribution is -0.121. The summed E-state index contributed by atoms with van der Waals surface area (Å²) < 4.78 is 11.8. The third kappa shape index (κ3) is 4.90. The Balaban J connectivity index is 1.52. The number of rotatable bonds is 6. The molecule has 1 aliphatic rings. The van der Waals surface area contributed by atoms with Crippen LogP contribution in [-0.2, 0) is 11.3 Å². The molecule has 8 heteroatoms. The van der Waals surface area contributed by atoms with Crippen LogP contribution in [0.5, 0.6) is 11.5 Å².